The van der Waals surface area contributed by atoms with Crippen LogP contribution in [0.1, 0.15) is 15.9 Å². The molecule has 0 atom stereocenters. The maximum atomic E-state index is 12.1. The van der Waals surface area contributed by atoms with E-state index in [1.807, 2.05) is 47.3 Å². The molecule has 0 spiro atoms. The van der Waals surface area contributed by atoms with Crippen molar-refractivity contribution >= 4 is 11.6 Å². The topological polar surface area (TPSA) is 46.9 Å². The summed E-state index contributed by atoms with van der Waals surface area (Å²) < 4.78 is 1.84. The lowest BCUT2D eigenvalue weighted by atomic mass is 10.1. The highest BCUT2D eigenvalue weighted by atomic mass is 16.1. The van der Waals surface area contributed by atoms with Gasteiger partial charge in [-0.05, 0) is 24.1 Å². The number of nitrogens with one attached hydrogen (secondary N) is 1. The summed E-state index contributed by atoms with van der Waals surface area (Å²) in [4.78, 5) is 12.1. The second-order valence-electron chi connectivity index (χ2n) is 5.05. The molecule has 4 heteroatoms. The standard InChI is InChI=1S/C18H17N3O/c22-18(16-9-5-2-6-10-16)20-17-13-19-21(14-17)12-11-15-7-3-1-4-8-15/h1-10,13-14H,11-12H2,(H,20,22). The second-order valence-corrected chi connectivity index (χ2v) is 5.05. The molecular weight excluding hydrogens is 274 g/mol. The Morgan fingerprint density at radius 2 is 1.68 bits per heavy atom. The molecule has 3 rings (SSSR count). The summed E-state index contributed by atoms with van der Waals surface area (Å²) in [6, 6.07) is 19.4. The molecule has 0 aliphatic rings. The summed E-state index contributed by atoms with van der Waals surface area (Å²) >= 11 is 0. The zero-order chi connectivity index (χ0) is 15.2. The smallest absolute Gasteiger partial charge is 0.255 e. The van der Waals surface area contributed by atoms with Crippen LogP contribution in [-0.2, 0) is 13.0 Å². The lowest BCUT2D eigenvalue weighted by molar-refractivity contribution is 0.102. The number of nitrogens with zero attached hydrogens (tertiary/aromatic N) is 2. The third kappa shape index (κ3) is 3.61. The third-order valence-electron chi connectivity index (χ3n) is 3.40. The number of anilines is 1. The molecule has 0 fully saturated rings. The summed E-state index contributed by atoms with van der Waals surface area (Å²) in [5.74, 6) is -0.122. The average Bonchev–Trinajstić information content (AvgIpc) is 3.02. The van der Waals surface area contributed by atoms with E-state index in [4.69, 9.17) is 0 Å². The lowest BCUT2D eigenvalue weighted by Crippen LogP contribution is -2.11. The Morgan fingerprint density at radius 1 is 1.00 bits per heavy atom. The quantitative estimate of drug-likeness (QED) is 0.783. The van der Waals surface area contributed by atoms with Crippen LogP contribution >= 0.6 is 0 Å². The van der Waals surface area contributed by atoms with Gasteiger partial charge >= 0.3 is 0 Å². The highest BCUT2D eigenvalue weighted by Gasteiger charge is 2.06. The van der Waals surface area contributed by atoms with Crippen LogP contribution in [0.25, 0.3) is 0 Å². The first kappa shape index (κ1) is 14.1. The Bertz CT molecular complexity index is 735. The van der Waals surface area contributed by atoms with Gasteiger partial charge in [0.1, 0.15) is 0 Å². The van der Waals surface area contributed by atoms with Gasteiger partial charge in [0.05, 0.1) is 11.9 Å². The summed E-state index contributed by atoms with van der Waals surface area (Å²) in [5.41, 5.74) is 2.62. The molecule has 110 valence electrons. The van der Waals surface area contributed by atoms with Crippen molar-refractivity contribution in [3.05, 3.63) is 84.2 Å². The van der Waals surface area contributed by atoms with Gasteiger partial charge in [-0.3, -0.25) is 9.48 Å². The van der Waals surface area contributed by atoms with Crippen LogP contribution in [0.3, 0.4) is 0 Å². The molecule has 1 heterocycles. The maximum absolute atomic E-state index is 12.1. The number of hydrogen-bond donors (Lipinski definition) is 1. The van der Waals surface area contributed by atoms with Crippen LogP contribution < -0.4 is 5.32 Å². The maximum Gasteiger partial charge on any atom is 0.255 e. The summed E-state index contributed by atoms with van der Waals surface area (Å²) in [7, 11) is 0. The SMILES string of the molecule is O=C(Nc1cnn(CCc2ccccc2)c1)c1ccccc1. The van der Waals surface area contributed by atoms with E-state index >= 15 is 0 Å². The van der Waals surface area contributed by atoms with E-state index in [1.165, 1.54) is 5.56 Å². The van der Waals surface area contributed by atoms with Gasteiger partial charge in [0.25, 0.3) is 5.91 Å². The number of benzene rings is 2. The van der Waals surface area contributed by atoms with Crippen LogP contribution in [0.4, 0.5) is 5.69 Å². The Labute approximate surface area is 129 Å². The fourth-order valence-corrected chi connectivity index (χ4v) is 2.23. The van der Waals surface area contributed by atoms with E-state index in [0.29, 0.717) is 11.3 Å². The van der Waals surface area contributed by atoms with Crippen molar-refractivity contribution in [3.63, 3.8) is 0 Å². The number of aromatic nitrogens is 2. The fourth-order valence-electron chi connectivity index (χ4n) is 2.23. The molecule has 0 saturated carbocycles. The van der Waals surface area contributed by atoms with Crippen molar-refractivity contribution in [1.82, 2.24) is 9.78 Å². The predicted octanol–water partition coefficient (Wildman–Crippen LogP) is 3.38. The highest BCUT2D eigenvalue weighted by Crippen LogP contribution is 2.09. The van der Waals surface area contributed by atoms with Crippen LogP contribution in [0.2, 0.25) is 0 Å². The van der Waals surface area contributed by atoms with Crippen molar-refractivity contribution in [2.24, 2.45) is 0 Å². The van der Waals surface area contributed by atoms with Gasteiger partial charge in [0.2, 0.25) is 0 Å². The van der Waals surface area contributed by atoms with Crippen LogP contribution in [-0.4, -0.2) is 15.7 Å². The van der Waals surface area contributed by atoms with Gasteiger partial charge in [-0.2, -0.15) is 5.10 Å². The van der Waals surface area contributed by atoms with Crippen LogP contribution in [0, 0.1) is 0 Å². The number of amides is 1. The number of aryl methyl sites for hydroxylation is 2. The molecule has 22 heavy (non-hydrogen) atoms. The Kier molecular flexibility index (Phi) is 4.30. The first-order chi connectivity index (χ1) is 10.8. The molecule has 0 unspecified atom stereocenters. The Balaban J connectivity index is 1.58. The summed E-state index contributed by atoms with van der Waals surface area (Å²) in [6.07, 6.45) is 4.43. The molecule has 0 aliphatic carbocycles. The molecule has 4 nitrogen and oxygen atoms in total. The second kappa shape index (κ2) is 6.72. The predicted molar refractivity (Wildman–Crippen MR) is 86.8 cm³/mol. The van der Waals surface area contributed by atoms with Crippen LogP contribution in [0.15, 0.2) is 73.1 Å². The molecule has 3 aromatic rings. The van der Waals surface area contributed by atoms with Crippen molar-refractivity contribution in [3.8, 4) is 0 Å². The van der Waals surface area contributed by atoms with Gasteiger partial charge in [-0.15, -0.1) is 0 Å². The first-order valence-electron chi connectivity index (χ1n) is 7.24. The zero-order valence-electron chi connectivity index (χ0n) is 12.1. The molecular formula is C18H17N3O. The van der Waals surface area contributed by atoms with Gasteiger partial charge in [-0.25, -0.2) is 0 Å². The molecule has 0 saturated heterocycles. The van der Waals surface area contributed by atoms with Crippen molar-refractivity contribution < 1.29 is 4.79 Å². The molecule has 0 bridgehead atoms. The minimum atomic E-state index is -0.122. The normalized spacial score (nSPS) is 10.4. The zero-order valence-corrected chi connectivity index (χ0v) is 12.1. The van der Waals surface area contributed by atoms with E-state index in [1.54, 1.807) is 18.3 Å². The lowest BCUT2D eigenvalue weighted by Gasteiger charge is -2.03. The molecule has 0 aliphatic heterocycles. The summed E-state index contributed by atoms with van der Waals surface area (Å²) in [5, 5.41) is 7.13. The van der Waals surface area contributed by atoms with E-state index in [-0.39, 0.29) is 5.91 Å². The monoisotopic (exact) mass is 291 g/mol. The minimum Gasteiger partial charge on any atom is -0.319 e. The number of hydrogen-bond acceptors (Lipinski definition) is 2. The first-order valence-corrected chi connectivity index (χ1v) is 7.24. The van der Waals surface area contributed by atoms with Crippen molar-refractivity contribution in [2.75, 3.05) is 5.32 Å². The Morgan fingerprint density at radius 3 is 2.41 bits per heavy atom. The van der Waals surface area contributed by atoms with E-state index in [0.717, 1.165) is 13.0 Å². The highest BCUT2D eigenvalue weighted by molar-refractivity contribution is 6.04. The molecule has 1 aromatic heterocycles. The van der Waals surface area contributed by atoms with Gasteiger partial charge in [-0.1, -0.05) is 48.5 Å². The van der Waals surface area contributed by atoms with Crippen molar-refractivity contribution in [2.45, 2.75) is 13.0 Å². The van der Waals surface area contributed by atoms with Crippen LogP contribution in [0.5, 0.6) is 0 Å². The minimum absolute atomic E-state index is 0.122. The molecule has 2 aromatic carbocycles. The number of rotatable bonds is 5. The van der Waals surface area contributed by atoms with Gasteiger partial charge < -0.3 is 5.32 Å². The van der Waals surface area contributed by atoms with E-state index in [2.05, 4.69) is 22.5 Å². The third-order valence-corrected chi connectivity index (χ3v) is 3.40. The molecule has 1 N–H and O–H groups in total. The van der Waals surface area contributed by atoms with Gasteiger partial charge in [0, 0.05) is 18.3 Å². The Hall–Kier alpha value is -2.88. The number of carbonyl (C=O) groups is 1. The molecule has 0 radical (unpaired) electrons. The fraction of sp³-hybridized carbons (Fsp3) is 0.111. The largest absolute Gasteiger partial charge is 0.319 e. The number of carbonyl (C=O) groups excluding carboxylic acids is 1. The van der Waals surface area contributed by atoms with Crippen molar-refractivity contribution in [1.29, 1.82) is 0 Å². The van der Waals surface area contributed by atoms with Gasteiger partial charge in [0.15, 0.2) is 0 Å². The molecule has 1 amide bonds. The summed E-state index contributed by atoms with van der Waals surface area (Å²) in [6.45, 7) is 0.783. The van der Waals surface area contributed by atoms with E-state index in [9.17, 15) is 4.79 Å². The van der Waals surface area contributed by atoms with E-state index < -0.39 is 0 Å². The average molecular weight is 291 g/mol.